The topological polar surface area (TPSA) is 81.0 Å². The molecule has 3 aromatic heterocycles. The van der Waals surface area contributed by atoms with Gasteiger partial charge in [-0.05, 0) is 30.9 Å². The van der Waals surface area contributed by atoms with E-state index in [-0.39, 0.29) is 11.5 Å². The van der Waals surface area contributed by atoms with Crippen LogP contribution in [0.5, 0.6) is 0 Å². The van der Waals surface area contributed by atoms with E-state index >= 15 is 0 Å². The van der Waals surface area contributed by atoms with Gasteiger partial charge >= 0.3 is 0 Å². The number of carbonyl (C=O) groups is 1. The monoisotopic (exact) mass is 381 g/mol. The lowest BCUT2D eigenvalue weighted by molar-refractivity contribution is 0.0677. The molecule has 0 unspecified atom stereocenters. The molecule has 0 N–H and O–H groups in total. The minimum atomic E-state index is -0.0650. The zero-order chi connectivity index (χ0) is 18.6. The van der Waals surface area contributed by atoms with Crippen LogP contribution in [-0.2, 0) is 6.54 Å². The van der Waals surface area contributed by atoms with Crippen molar-refractivity contribution in [3.05, 3.63) is 63.9 Å². The van der Waals surface area contributed by atoms with Gasteiger partial charge in [0.25, 0.3) is 11.5 Å². The molecule has 0 spiro atoms. The van der Waals surface area contributed by atoms with Gasteiger partial charge in [-0.15, -0.1) is 11.3 Å². The first-order valence-electron chi connectivity index (χ1n) is 8.85. The maximum absolute atomic E-state index is 12.4. The molecule has 0 aromatic carbocycles. The minimum Gasteiger partial charge on any atom is -0.337 e. The highest BCUT2D eigenvalue weighted by molar-refractivity contribution is 7.07. The molecule has 1 saturated heterocycles. The summed E-state index contributed by atoms with van der Waals surface area (Å²) >= 11 is 1.43. The number of hydrogen-bond acceptors (Lipinski definition) is 6. The Hall–Kier alpha value is -2.87. The Morgan fingerprint density at radius 3 is 2.78 bits per heavy atom. The summed E-state index contributed by atoms with van der Waals surface area (Å²) in [7, 11) is 0. The third-order valence-corrected chi connectivity index (χ3v) is 5.43. The molecule has 4 heterocycles. The molecule has 27 heavy (non-hydrogen) atoms. The van der Waals surface area contributed by atoms with Crippen LogP contribution in [0.25, 0.3) is 11.3 Å². The molecule has 0 radical (unpaired) electrons. The molecule has 7 nitrogen and oxygen atoms in total. The number of piperidine rings is 1. The van der Waals surface area contributed by atoms with E-state index in [0.29, 0.717) is 36.9 Å². The lowest BCUT2D eigenvalue weighted by atomic mass is 9.96. The summed E-state index contributed by atoms with van der Waals surface area (Å²) in [6.07, 6.45) is 6.73. The fourth-order valence-corrected chi connectivity index (χ4v) is 3.84. The second-order valence-corrected chi connectivity index (χ2v) is 7.33. The van der Waals surface area contributed by atoms with Gasteiger partial charge in [0.15, 0.2) is 0 Å². The molecule has 0 bridgehead atoms. The van der Waals surface area contributed by atoms with E-state index in [0.717, 1.165) is 18.4 Å². The third kappa shape index (κ3) is 3.95. The van der Waals surface area contributed by atoms with Gasteiger partial charge in [0, 0.05) is 49.0 Å². The number of pyridine rings is 1. The van der Waals surface area contributed by atoms with Gasteiger partial charge in [0.2, 0.25) is 0 Å². The lowest BCUT2D eigenvalue weighted by Gasteiger charge is -2.31. The zero-order valence-corrected chi connectivity index (χ0v) is 15.5. The Labute approximate surface area is 160 Å². The summed E-state index contributed by atoms with van der Waals surface area (Å²) in [5.41, 5.74) is 3.59. The Bertz CT molecular complexity index is 963. The van der Waals surface area contributed by atoms with Crippen molar-refractivity contribution in [1.82, 2.24) is 24.4 Å². The minimum absolute atomic E-state index is 0.00522. The van der Waals surface area contributed by atoms with Gasteiger partial charge in [0.05, 0.1) is 17.5 Å². The van der Waals surface area contributed by atoms with E-state index in [1.54, 1.807) is 40.2 Å². The van der Waals surface area contributed by atoms with Gasteiger partial charge < -0.3 is 4.90 Å². The van der Waals surface area contributed by atoms with Crippen molar-refractivity contribution in [1.29, 1.82) is 0 Å². The highest BCUT2D eigenvalue weighted by Gasteiger charge is 2.25. The maximum Gasteiger partial charge on any atom is 0.273 e. The Morgan fingerprint density at radius 1 is 1.26 bits per heavy atom. The molecule has 3 aromatic rings. The van der Waals surface area contributed by atoms with Crippen LogP contribution in [0.15, 0.2) is 52.6 Å². The summed E-state index contributed by atoms with van der Waals surface area (Å²) in [4.78, 5) is 39.2. The SMILES string of the molecule is O=C(c1cscn1)N1CCC(Cn2cnc(-c3cccnc3)cc2=O)CC1. The van der Waals surface area contributed by atoms with E-state index in [1.165, 1.54) is 11.3 Å². The average Bonchev–Trinajstić information content (AvgIpc) is 3.25. The van der Waals surface area contributed by atoms with Crippen LogP contribution in [0.1, 0.15) is 23.3 Å². The van der Waals surface area contributed by atoms with E-state index in [1.807, 2.05) is 17.0 Å². The summed E-state index contributed by atoms with van der Waals surface area (Å²) in [5.74, 6) is 0.350. The number of hydrogen-bond donors (Lipinski definition) is 0. The lowest BCUT2D eigenvalue weighted by Crippen LogP contribution is -2.40. The van der Waals surface area contributed by atoms with Gasteiger partial charge in [-0.25, -0.2) is 9.97 Å². The van der Waals surface area contributed by atoms with Crippen molar-refractivity contribution in [2.75, 3.05) is 13.1 Å². The van der Waals surface area contributed by atoms with Crippen molar-refractivity contribution in [2.45, 2.75) is 19.4 Å². The summed E-state index contributed by atoms with van der Waals surface area (Å²) in [6.45, 7) is 2.01. The molecule has 4 rings (SSSR count). The van der Waals surface area contributed by atoms with E-state index in [4.69, 9.17) is 0 Å². The van der Waals surface area contributed by atoms with Crippen LogP contribution >= 0.6 is 11.3 Å². The first-order chi connectivity index (χ1) is 13.2. The quantitative estimate of drug-likeness (QED) is 0.693. The maximum atomic E-state index is 12.4. The van der Waals surface area contributed by atoms with Crippen LogP contribution in [-0.4, -0.2) is 43.4 Å². The fourth-order valence-electron chi connectivity index (χ4n) is 3.31. The Kier molecular flexibility index (Phi) is 5.06. The molecule has 1 aliphatic rings. The van der Waals surface area contributed by atoms with Gasteiger partial charge in [-0.3, -0.25) is 19.1 Å². The molecule has 8 heteroatoms. The van der Waals surface area contributed by atoms with Crippen LogP contribution in [0.4, 0.5) is 0 Å². The molecular weight excluding hydrogens is 362 g/mol. The number of carbonyl (C=O) groups excluding carboxylic acids is 1. The van der Waals surface area contributed by atoms with Crippen molar-refractivity contribution in [2.24, 2.45) is 5.92 Å². The van der Waals surface area contributed by atoms with Crippen LogP contribution < -0.4 is 5.56 Å². The Morgan fingerprint density at radius 2 is 2.11 bits per heavy atom. The van der Waals surface area contributed by atoms with Crippen LogP contribution in [0.2, 0.25) is 0 Å². The summed E-state index contributed by atoms with van der Waals surface area (Å²) in [6, 6.07) is 5.26. The predicted octanol–water partition coefficient (Wildman–Crippen LogP) is 2.31. The predicted molar refractivity (Wildman–Crippen MR) is 102 cm³/mol. The molecule has 0 atom stereocenters. The molecule has 0 saturated carbocycles. The fraction of sp³-hybridized carbons (Fsp3) is 0.316. The van der Waals surface area contributed by atoms with Gasteiger partial charge in [-0.2, -0.15) is 0 Å². The highest BCUT2D eigenvalue weighted by Crippen LogP contribution is 2.20. The summed E-state index contributed by atoms with van der Waals surface area (Å²) < 4.78 is 1.66. The van der Waals surface area contributed by atoms with Crippen molar-refractivity contribution >= 4 is 17.2 Å². The largest absolute Gasteiger partial charge is 0.337 e. The normalized spacial score (nSPS) is 15.0. The molecular formula is C19H19N5O2S. The first-order valence-corrected chi connectivity index (χ1v) is 9.79. The van der Waals surface area contributed by atoms with Crippen LogP contribution in [0, 0.1) is 5.92 Å². The number of amides is 1. The first kappa shape index (κ1) is 17.5. The van der Waals surface area contributed by atoms with Gasteiger partial charge in [0.1, 0.15) is 5.69 Å². The van der Waals surface area contributed by atoms with Crippen LogP contribution in [0.3, 0.4) is 0 Å². The zero-order valence-electron chi connectivity index (χ0n) is 14.7. The average molecular weight is 381 g/mol. The van der Waals surface area contributed by atoms with Crippen molar-refractivity contribution in [3.63, 3.8) is 0 Å². The number of nitrogens with zero attached hydrogens (tertiary/aromatic N) is 5. The number of aromatic nitrogens is 4. The second kappa shape index (κ2) is 7.79. The van der Waals surface area contributed by atoms with E-state index in [9.17, 15) is 9.59 Å². The highest BCUT2D eigenvalue weighted by atomic mass is 32.1. The smallest absolute Gasteiger partial charge is 0.273 e. The number of rotatable bonds is 4. The van der Waals surface area contributed by atoms with Crippen molar-refractivity contribution in [3.8, 4) is 11.3 Å². The third-order valence-electron chi connectivity index (χ3n) is 4.84. The van der Waals surface area contributed by atoms with E-state index < -0.39 is 0 Å². The van der Waals surface area contributed by atoms with E-state index in [2.05, 4.69) is 15.0 Å². The number of likely N-dealkylation sites (tertiary alicyclic amines) is 1. The molecule has 1 amide bonds. The van der Waals surface area contributed by atoms with Gasteiger partial charge in [-0.1, -0.05) is 0 Å². The molecule has 1 fully saturated rings. The molecule has 138 valence electrons. The Balaban J connectivity index is 1.38. The molecule has 0 aliphatic carbocycles. The van der Waals surface area contributed by atoms with Crippen molar-refractivity contribution < 1.29 is 4.79 Å². The summed E-state index contributed by atoms with van der Waals surface area (Å²) in [5, 5.41) is 1.78. The molecule has 1 aliphatic heterocycles. The standard InChI is InChI=1S/C19H19N5O2S/c25-18-8-16(15-2-1-5-20-9-15)21-12-24(18)10-14-3-6-23(7-4-14)19(26)17-11-27-13-22-17/h1-2,5,8-9,11-14H,3-4,6-7,10H2. The second-order valence-electron chi connectivity index (χ2n) is 6.62. The number of thiazole rings is 1.